The Morgan fingerprint density at radius 2 is 1.76 bits per heavy atom. The highest BCUT2D eigenvalue weighted by Gasteiger charge is 2.28. The van der Waals surface area contributed by atoms with Crippen LogP contribution in [0.2, 0.25) is 0 Å². The lowest BCUT2D eigenvalue weighted by Crippen LogP contribution is -2.57. The third kappa shape index (κ3) is 5.70. The second-order valence-corrected chi connectivity index (χ2v) is 7.56. The molecule has 1 fully saturated rings. The molecular weight excluding hydrogens is 366 g/mol. The molecule has 0 saturated carbocycles. The van der Waals surface area contributed by atoms with Gasteiger partial charge in [-0.25, -0.2) is 4.79 Å². The molecule has 0 unspecified atom stereocenters. The van der Waals surface area contributed by atoms with E-state index >= 15 is 0 Å². The smallest absolute Gasteiger partial charge is 0.318 e. The monoisotopic (exact) mass is 395 g/mol. The van der Waals surface area contributed by atoms with Gasteiger partial charge in [0.25, 0.3) is 0 Å². The zero-order valence-electron chi connectivity index (χ0n) is 17.0. The van der Waals surface area contributed by atoms with Crippen LogP contribution in [0.3, 0.4) is 0 Å². The molecule has 3 rings (SSSR count). The number of amides is 3. The standard InChI is InChI=1S/C22H29N5O2/c1-17(2)20(21(28)24-16-18-7-6-10-23-15-18)25-22(29)27-13-11-26(12-14-27)19-8-4-3-5-9-19/h3-10,15,17,20H,11-14,16H2,1-2H3,(H,24,28)(H,25,29)/t20-/m0/s1. The van der Waals surface area contributed by atoms with Crippen LogP contribution in [0.4, 0.5) is 10.5 Å². The van der Waals surface area contributed by atoms with E-state index in [4.69, 9.17) is 0 Å². The van der Waals surface area contributed by atoms with Crippen molar-refractivity contribution >= 4 is 17.6 Å². The lowest BCUT2D eigenvalue weighted by Gasteiger charge is -2.37. The van der Waals surface area contributed by atoms with Crippen molar-refractivity contribution in [1.29, 1.82) is 0 Å². The van der Waals surface area contributed by atoms with Crippen molar-refractivity contribution in [1.82, 2.24) is 20.5 Å². The van der Waals surface area contributed by atoms with Gasteiger partial charge in [-0.1, -0.05) is 38.1 Å². The Hall–Kier alpha value is -3.09. The highest BCUT2D eigenvalue weighted by atomic mass is 16.2. The molecule has 0 spiro atoms. The molecule has 0 bridgehead atoms. The molecule has 7 heteroatoms. The summed E-state index contributed by atoms with van der Waals surface area (Å²) in [5.41, 5.74) is 2.09. The molecule has 0 radical (unpaired) electrons. The molecule has 1 aromatic carbocycles. The van der Waals surface area contributed by atoms with Gasteiger partial charge in [0, 0.05) is 50.8 Å². The number of aromatic nitrogens is 1. The fourth-order valence-electron chi connectivity index (χ4n) is 3.37. The van der Waals surface area contributed by atoms with E-state index in [1.807, 2.05) is 44.2 Å². The van der Waals surface area contributed by atoms with Crippen LogP contribution in [0.15, 0.2) is 54.9 Å². The predicted octanol–water partition coefficient (Wildman–Crippen LogP) is 2.25. The minimum absolute atomic E-state index is 0.0153. The maximum atomic E-state index is 12.7. The molecule has 1 saturated heterocycles. The molecule has 2 heterocycles. The quantitative estimate of drug-likeness (QED) is 0.787. The van der Waals surface area contributed by atoms with Crippen LogP contribution in [0.25, 0.3) is 0 Å². The van der Waals surface area contributed by atoms with Crippen LogP contribution in [0, 0.1) is 5.92 Å². The first-order valence-corrected chi connectivity index (χ1v) is 10.1. The molecule has 1 aromatic heterocycles. The van der Waals surface area contributed by atoms with E-state index in [9.17, 15) is 9.59 Å². The number of hydrogen-bond donors (Lipinski definition) is 2. The number of nitrogens with zero attached hydrogens (tertiary/aromatic N) is 3. The summed E-state index contributed by atoms with van der Waals surface area (Å²) in [4.78, 5) is 33.5. The number of para-hydroxylation sites is 1. The van der Waals surface area contributed by atoms with Crippen LogP contribution in [0.1, 0.15) is 19.4 Å². The first kappa shape index (κ1) is 20.6. The second kappa shape index (κ2) is 9.91. The summed E-state index contributed by atoms with van der Waals surface area (Å²) in [6, 6.07) is 13.2. The lowest BCUT2D eigenvalue weighted by atomic mass is 10.0. The Morgan fingerprint density at radius 3 is 2.38 bits per heavy atom. The highest BCUT2D eigenvalue weighted by molar-refractivity contribution is 5.87. The Bertz CT molecular complexity index is 789. The fraction of sp³-hybridized carbons (Fsp3) is 0.409. The van der Waals surface area contributed by atoms with Crippen molar-refractivity contribution in [3.05, 3.63) is 60.4 Å². The minimum atomic E-state index is -0.577. The van der Waals surface area contributed by atoms with E-state index in [2.05, 4.69) is 32.7 Å². The third-order valence-electron chi connectivity index (χ3n) is 5.11. The van der Waals surface area contributed by atoms with E-state index in [0.717, 1.165) is 18.7 Å². The van der Waals surface area contributed by atoms with Gasteiger partial charge in [0.15, 0.2) is 0 Å². The molecule has 7 nitrogen and oxygen atoms in total. The van der Waals surface area contributed by atoms with E-state index in [1.165, 1.54) is 5.69 Å². The number of urea groups is 1. The van der Waals surface area contributed by atoms with Crippen molar-refractivity contribution in [2.45, 2.75) is 26.4 Å². The van der Waals surface area contributed by atoms with Crippen molar-refractivity contribution in [3.63, 3.8) is 0 Å². The summed E-state index contributed by atoms with van der Waals surface area (Å²) in [6.45, 7) is 7.06. The normalized spacial score (nSPS) is 15.1. The first-order chi connectivity index (χ1) is 14.0. The summed E-state index contributed by atoms with van der Waals surface area (Å²) in [5.74, 6) is -0.196. The van der Waals surface area contributed by atoms with Gasteiger partial charge in [-0.3, -0.25) is 9.78 Å². The van der Waals surface area contributed by atoms with Gasteiger partial charge in [0.2, 0.25) is 5.91 Å². The zero-order valence-corrected chi connectivity index (χ0v) is 17.0. The average molecular weight is 396 g/mol. The summed E-state index contributed by atoms with van der Waals surface area (Å²) < 4.78 is 0. The molecule has 29 heavy (non-hydrogen) atoms. The molecule has 2 aromatic rings. The van der Waals surface area contributed by atoms with Crippen LogP contribution >= 0.6 is 0 Å². The van der Waals surface area contributed by atoms with Crippen molar-refractivity contribution in [2.75, 3.05) is 31.1 Å². The molecule has 1 atom stereocenters. The van der Waals surface area contributed by atoms with Crippen molar-refractivity contribution in [2.24, 2.45) is 5.92 Å². The van der Waals surface area contributed by atoms with Gasteiger partial charge < -0.3 is 20.4 Å². The number of nitrogens with one attached hydrogen (secondary N) is 2. The number of benzene rings is 1. The maximum absolute atomic E-state index is 12.7. The summed E-state index contributed by atoms with van der Waals surface area (Å²) in [6.07, 6.45) is 3.41. The Labute approximate surface area is 172 Å². The van der Waals surface area contributed by atoms with Crippen molar-refractivity contribution in [3.8, 4) is 0 Å². The number of carbonyl (C=O) groups excluding carboxylic acids is 2. The number of hydrogen-bond acceptors (Lipinski definition) is 4. The van der Waals surface area contributed by atoms with Gasteiger partial charge in [0.1, 0.15) is 6.04 Å². The Morgan fingerprint density at radius 1 is 1.03 bits per heavy atom. The minimum Gasteiger partial charge on any atom is -0.368 e. The van der Waals surface area contributed by atoms with Crippen LogP contribution < -0.4 is 15.5 Å². The summed E-state index contributed by atoms with van der Waals surface area (Å²) in [7, 11) is 0. The number of anilines is 1. The van der Waals surface area contributed by atoms with E-state index in [0.29, 0.717) is 19.6 Å². The van der Waals surface area contributed by atoms with Crippen LogP contribution in [-0.4, -0.2) is 54.0 Å². The molecule has 0 aliphatic carbocycles. The molecule has 1 aliphatic rings. The molecular formula is C22H29N5O2. The second-order valence-electron chi connectivity index (χ2n) is 7.56. The largest absolute Gasteiger partial charge is 0.368 e. The SMILES string of the molecule is CC(C)[C@H](NC(=O)N1CCN(c2ccccc2)CC1)C(=O)NCc1cccnc1. The first-order valence-electron chi connectivity index (χ1n) is 10.1. The third-order valence-corrected chi connectivity index (χ3v) is 5.11. The summed E-state index contributed by atoms with van der Waals surface area (Å²) in [5, 5.41) is 5.81. The maximum Gasteiger partial charge on any atom is 0.318 e. The Kier molecular flexibility index (Phi) is 7.05. The molecule has 1 aliphatic heterocycles. The van der Waals surface area contributed by atoms with Gasteiger partial charge in [-0.15, -0.1) is 0 Å². The average Bonchev–Trinajstić information content (AvgIpc) is 2.77. The lowest BCUT2D eigenvalue weighted by molar-refractivity contribution is -0.124. The highest BCUT2D eigenvalue weighted by Crippen LogP contribution is 2.15. The van der Waals surface area contributed by atoms with Crippen LogP contribution in [0.5, 0.6) is 0 Å². The fourth-order valence-corrected chi connectivity index (χ4v) is 3.37. The molecule has 2 N–H and O–H groups in total. The molecule has 3 amide bonds. The van der Waals surface area contributed by atoms with Gasteiger partial charge in [-0.2, -0.15) is 0 Å². The van der Waals surface area contributed by atoms with Crippen molar-refractivity contribution < 1.29 is 9.59 Å². The number of pyridine rings is 1. The van der Waals surface area contributed by atoms with Crippen LogP contribution in [-0.2, 0) is 11.3 Å². The molecule has 154 valence electrons. The van der Waals surface area contributed by atoms with Gasteiger partial charge in [0.05, 0.1) is 0 Å². The number of rotatable bonds is 6. The summed E-state index contributed by atoms with van der Waals surface area (Å²) >= 11 is 0. The number of piperazine rings is 1. The Balaban J connectivity index is 1.51. The van der Waals surface area contributed by atoms with E-state index in [1.54, 1.807) is 17.3 Å². The zero-order chi connectivity index (χ0) is 20.6. The van der Waals surface area contributed by atoms with Gasteiger partial charge in [-0.05, 0) is 29.7 Å². The van der Waals surface area contributed by atoms with E-state index in [-0.39, 0.29) is 17.9 Å². The van der Waals surface area contributed by atoms with Gasteiger partial charge >= 0.3 is 6.03 Å². The topological polar surface area (TPSA) is 77.6 Å². The van der Waals surface area contributed by atoms with E-state index < -0.39 is 6.04 Å². The number of carbonyl (C=O) groups is 2. The predicted molar refractivity (Wildman–Crippen MR) is 113 cm³/mol.